The number of amides is 1. The van der Waals surface area contributed by atoms with Gasteiger partial charge in [-0.25, -0.2) is 0 Å². The van der Waals surface area contributed by atoms with Gasteiger partial charge in [0.05, 0.1) is 14.2 Å². The molecule has 0 heterocycles. The van der Waals surface area contributed by atoms with Crippen molar-refractivity contribution >= 4 is 17.5 Å². The van der Waals surface area contributed by atoms with Gasteiger partial charge in [0.1, 0.15) is 11.5 Å². The zero-order chi connectivity index (χ0) is 17.5. The Morgan fingerprint density at radius 1 is 1.04 bits per heavy atom. The Kier molecular flexibility index (Phi) is 6.50. The zero-order valence-electron chi connectivity index (χ0n) is 14.2. The van der Waals surface area contributed by atoms with Crippen LogP contribution in [0.25, 0.3) is 0 Å². The lowest BCUT2D eigenvalue weighted by molar-refractivity contribution is -0.130. The molecule has 0 spiro atoms. The minimum absolute atomic E-state index is 0.0803. The van der Waals surface area contributed by atoms with Gasteiger partial charge in [-0.3, -0.25) is 4.79 Å². The monoisotopic (exact) mass is 347 g/mol. The number of methoxy groups -OCH3 is 2. The SMILES string of the molecule is COc1cc(CCC(=O)N(C)Cc2cccc(Cl)c2)cc(OC)c1. The van der Waals surface area contributed by atoms with E-state index in [1.807, 2.05) is 42.5 Å². The van der Waals surface area contributed by atoms with Crippen LogP contribution in [0.4, 0.5) is 0 Å². The fourth-order valence-corrected chi connectivity index (χ4v) is 2.66. The van der Waals surface area contributed by atoms with E-state index < -0.39 is 0 Å². The molecule has 2 rings (SSSR count). The lowest BCUT2D eigenvalue weighted by Gasteiger charge is -2.17. The summed E-state index contributed by atoms with van der Waals surface area (Å²) in [6, 6.07) is 13.2. The lowest BCUT2D eigenvalue weighted by atomic mass is 10.1. The molecule has 24 heavy (non-hydrogen) atoms. The number of rotatable bonds is 7. The van der Waals surface area contributed by atoms with Gasteiger partial charge in [-0.05, 0) is 41.8 Å². The van der Waals surface area contributed by atoms with Gasteiger partial charge in [-0.1, -0.05) is 23.7 Å². The minimum atomic E-state index is 0.0803. The molecule has 4 nitrogen and oxygen atoms in total. The summed E-state index contributed by atoms with van der Waals surface area (Å²) in [5.74, 6) is 1.53. The zero-order valence-corrected chi connectivity index (χ0v) is 15.0. The third-order valence-electron chi connectivity index (χ3n) is 3.77. The van der Waals surface area contributed by atoms with E-state index in [1.165, 1.54) is 0 Å². The lowest BCUT2D eigenvalue weighted by Crippen LogP contribution is -2.26. The summed E-state index contributed by atoms with van der Waals surface area (Å²) < 4.78 is 10.5. The maximum Gasteiger partial charge on any atom is 0.222 e. The Bertz CT molecular complexity index is 681. The number of hydrogen-bond donors (Lipinski definition) is 0. The van der Waals surface area contributed by atoms with Gasteiger partial charge in [0, 0.05) is 31.1 Å². The largest absolute Gasteiger partial charge is 0.497 e. The van der Waals surface area contributed by atoms with Crippen LogP contribution in [-0.4, -0.2) is 32.1 Å². The van der Waals surface area contributed by atoms with Crippen molar-refractivity contribution in [3.63, 3.8) is 0 Å². The molecule has 0 unspecified atom stereocenters. The molecule has 0 aliphatic rings. The first kappa shape index (κ1) is 18.1. The Hall–Kier alpha value is -2.20. The fraction of sp³-hybridized carbons (Fsp3) is 0.316. The van der Waals surface area contributed by atoms with E-state index in [2.05, 4.69) is 0 Å². The second kappa shape index (κ2) is 8.60. The molecule has 0 bridgehead atoms. The smallest absolute Gasteiger partial charge is 0.222 e. The summed E-state index contributed by atoms with van der Waals surface area (Å²) >= 11 is 5.98. The molecule has 0 aromatic heterocycles. The van der Waals surface area contributed by atoms with E-state index in [9.17, 15) is 4.79 Å². The van der Waals surface area contributed by atoms with Crippen molar-refractivity contribution in [1.29, 1.82) is 0 Å². The number of benzene rings is 2. The van der Waals surface area contributed by atoms with Crippen LogP contribution >= 0.6 is 11.6 Å². The number of ether oxygens (including phenoxy) is 2. The molecular weight excluding hydrogens is 326 g/mol. The molecule has 2 aromatic carbocycles. The Labute approximate surface area is 147 Å². The average molecular weight is 348 g/mol. The summed E-state index contributed by atoms with van der Waals surface area (Å²) in [7, 11) is 5.03. The van der Waals surface area contributed by atoms with Crippen LogP contribution in [0, 0.1) is 0 Å². The van der Waals surface area contributed by atoms with Crippen LogP contribution in [0.2, 0.25) is 5.02 Å². The first-order valence-electron chi connectivity index (χ1n) is 7.72. The van der Waals surface area contributed by atoms with E-state index in [1.54, 1.807) is 26.2 Å². The standard InChI is InChI=1S/C19H22ClNO3/c1-21(13-15-5-4-6-16(20)9-15)19(22)8-7-14-10-17(23-2)12-18(11-14)24-3/h4-6,9-12H,7-8,13H2,1-3H3. The summed E-state index contributed by atoms with van der Waals surface area (Å²) in [6.45, 7) is 0.542. The van der Waals surface area contributed by atoms with Crippen LogP contribution in [0.1, 0.15) is 17.5 Å². The molecule has 0 saturated carbocycles. The van der Waals surface area contributed by atoms with Gasteiger partial charge in [-0.2, -0.15) is 0 Å². The van der Waals surface area contributed by atoms with Gasteiger partial charge >= 0.3 is 0 Å². The number of halogens is 1. The summed E-state index contributed by atoms with van der Waals surface area (Å²) in [5.41, 5.74) is 2.03. The summed E-state index contributed by atoms with van der Waals surface area (Å²) in [6.07, 6.45) is 1.06. The van der Waals surface area contributed by atoms with Crippen LogP contribution in [0.3, 0.4) is 0 Å². The summed E-state index contributed by atoms with van der Waals surface area (Å²) in [5, 5.41) is 0.678. The molecule has 0 atom stereocenters. The molecule has 5 heteroatoms. The van der Waals surface area contributed by atoms with Crippen molar-refractivity contribution < 1.29 is 14.3 Å². The predicted molar refractivity (Wildman–Crippen MR) is 95.8 cm³/mol. The predicted octanol–water partition coefficient (Wildman–Crippen LogP) is 3.95. The highest BCUT2D eigenvalue weighted by Crippen LogP contribution is 2.23. The highest BCUT2D eigenvalue weighted by molar-refractivity contribution is 6.30. The van der Waals surface area contributed by atoms with E-state index in [0.29, 0.717) is 24.4 Å². The molecule has 0 radical (unpaired) electrons. The van der Waals surface area contributed by atoms with Crippen molar-refractivity contribution in [3.05, 3.63) is 58.6 Å². The van der Waals surface area contributed by atoms with Gasteiger partial charge in [0.15, 0.2) is 0 Å². The number of carbonyl (C=O) groups excluding carboxylic acids is 1. The number of nitrogens with zero attached hydrogens (tertiary/aromatic N) is 1. The Morgan fingerprint density at radius 2 is 1.71 bits per heavy atom. The van der Waals surface area contributed by atoms with Gasteiger partial charge in [0.2, 0.25) is 5.91 Å². The Morgan fingerprint density at radius 3 is 2.29 bits per heavy atom. The topological polar surface area (TPSA) is 38.8 Å². The third-order valence-corrected chi connectivity index (χ3v) is 4.01. The highest BCUT2D eigenvalue weighted by Gasteiger charge is 2.11. The third kappa shape index (κ3) is 5.17. The molecule has 0 N–H and O–H groups in total. The molecule has 0 aliphatic heterocycles. The van der Waals surface area contributed by atoms with Crippen LogP contribution < -0.4 is 9.47 Å². The molecule has 0 fully saturated rings. The van der Waals surface area contributed by atoms with Gasteiger partial charge in [-0.15, -0.1) is 0 Å². The molecule has 1 amide bonds. The van der Waals surface area contributed by atoms with Crippen LogP contribution in [-0.2, 0) is 17.8 Å². The van der Waals surface area contributed by atoms with Gasteiger partial charge < -0.3 is 14.4 Å². The summed E-state index contributed by atoms with van der Waals surface area (Å²) in [4.78, 5) is 14.1. The van der Waals surface area contributed by atoms with E-state index in [0.717, 1.165) is 22.6 Å². The highest BCUT2D eigenvalue weighted by atomic mass is 35.5. The van der Waals surface area contributed by atoms with Crippen molar-refractivity contribution in [2.24, 2.45) is 0 Å². The first-order chi connectivity index (χ1) is 11.5. The minimum Gasteiger partial charge on any atom is -0.497 e. The average Bonchev–Trinajstić information content (AvgIpc) is 2.59. The maximum atomic E-state index is 12.3. The molecule has 0 aliphatic carbocycles. The quantitative estimate of drug-likeness (QED) is 0.761. The second-order valence-electron chi connectivity index (χ2n) is 5.60. The van der Waals surface area contributed by atoms with Crippen molar-refractivity contribution in [1.82, 2.24) is 4.90 Å². The second-order valence-corrected chi connectivity index (χ2v) is 6.04. The maximum absolute atomic E-state index is 12.3. The number of carbonyl (C=O) groups is 1. The fourth-order valence-electron chi connectivity index (χ4n) is 2.45. The van der Waals surface area contributed by atoms with Crippen LogP contribution in [0.15, 0.2) is 42.5 Å². The van der Waals surface area contributed by atoms with Gasteiger partial charge in [0.25, 0.3) is 0 Å². The van der Waals surface area contributed by atoms with E-state index >= 15 is 0 Å². The molecule has 0 saturated heterocycles. The van der Waals surface area contributed by atoms with Crippen molar-refractivity contribution in [2.45, 2.75) is 19.4 Å². The van der Waals surface area contributed by atoms with E-state index in [-0.39, 0.29) is 5.91 Å². The number of hydrogen-bond acceptors (Lipinski definition) is 3. The van der Waals surface area contributed by atoms with Crippen molar-refractivity contribution in [2.75, 3.05) is 21.3 Å². The van der Waals surface area contributed by atoms with Crippen LogP contribution in [0.5, 0.6) is 11.5 Å². The molecule has 2 aromatic rings. The van der Waals surface area contributed by atoms with E-state index in [4.69, 9.17) is 21.1 Å². The first-order valence-corrected chi connectivity index (χ1v) is 8.10. The van der Waals surface area contributed by atoms with Crippen molar-refractivity contribution in [3.8, 4) is 11.5 Å². The Balaban J connectivity index is 1.94. The molecule has 128 valence electrons. The number of aryl methyl sites for hydroxylation is 1. The molecular formula is C19H22ClNO3. The normalized spacial score (nSPS) is 10.3.